The zero-order chi connectivity index (χ0) is 13.6. The maximum atomic E-state index is 11.9. The lowest BCUT2D eigenvalue weighted by Gasteiger charge is -2.36. The third-order valence-corrected chi connectivity index (χ3v) is 5.40. The van der Waals surface area contributed by atoms with Crippen LogP contribution >= 0.6 is 0 Å². The van der Waals surface area contributed by atoms with Gasteiger partial charge in [-0.1, -0.05) is 13.8 Å². The van der Waals surface area contributed by atoms with Gasteiger partial charge in [-0.05, 0) is 38.0 Å². The first-order valence-corrected chi connectivity index (χ1v) is 7.43. The number of carbonyl (C=O) groups is 2. The number of esters is 2. The maximum absolute atomic E-state index is 11.9. The van der Waals surface area contributed by atoms with Crippen LogP contribution in [0.4, 0.5) is 0 Å². The van der Waals surface area contributed by atoms with E-state index in [-0.39, 0.29) is 35.3 Å². The summed E-state index contributed by atoms with van der Waals surface area (Å²) in [6.07, 6.45) is 4.57. The van der Waals surface area contributed by atoms with Crippen molar-refractivity contribution in [1.29, 1.82) is 0 Å². The molecule has 3 fully saturated rings. The zero-order valence-corrected chi connectivity index (χ0v) is 11.7. The molecular formula is C15H22O4. The van der Waals surface area contributed by atoms with E-state index in [1.54, 1.807) is 0 Å². The van der Waals surface area contributed by atoms with Crippen LogP contribution in [0.25, 0.3) is 0 Å². The summed E-state index contributed by atoms with van der Waals surface area (Å²) in [6, 6.07) is 0. The van der Waals surface area contributed by atoms with Crippen LogP contribution in [-0.2, 0) is 19.1 Å². The van der Waals surface area contributed by atoms with E-state index in [2.05, 4.69) is 0 Å². The highest BCUT2D eigenvalue weighted by Gasteiger charge is 2.61. The second-order valence-electron chi connectivity index (χ2n) is 6.55. The largest absolute Gasteiger partial charge is 0.465 e. The van der Waals surface area contributed by atoms with Crippen molar-refractivity contribution in [3.63, 3.8) is 0 Å². The average Bonchev–Trinajstić information content (AvgIpc) is 2.84. The Labute approximate surface area is 113 Å². The van der Waals surface area contributed by atoms with Crippen molar-refractivity contribution in [2.75, 3.05) is 6.61 Å². The number of hydrogen-bond donors (Lipinski definition) is 0. The molecule has 0 spiro atoms. The minimum absolute atomic E-state index is 0.0141. The molecule has 0 aromatic rings. The summed E-state index contributed by atoms with van der Waals surface area (Å²) in [4.78, 5) is 23.7. The Morgan fingerprint density at radius 3 is 3.11 bits per heavy atom. The van der Waals surface area contributed by atoms with Crippen molar-refractivity contribution >= 4 is 11.9 Å². The monoisotopic (exact) mass is 266 g/mol. The van der Waals surface area contributed by atoms with E-state index in [1.165, 1.54) is 0 Å². The second-order valence-corrected chi connectivity index (χ2v) is 6.55. The van der Waals surface area contributed by atoms with Gasteiger partial charge in [0.05, 0.1) is 18.4 Å². The van der Waals surface area contributed by atoms with Crippen LogP contribution < -0.4 is 0 Å². The second kappa shape index (κ2) is 4.50. The first kappa shape index (κ1) is 12.9. The molecule has 3 rings (SSSR count). The molecule has 0 N–H and O–H groups in total. The van der Waals surface area contributed by atoms with E-state index in [1.807, 2.05) is 13.8 Å². The van der Waals surface area contributed by atoms with Crippen LogP contribution in [0, 0.1) is 23.2 Å². The maximum Gasteiger partial charge on any atom is 0.309 e. The summed E-state index contributed by atoms with van der Waals surface area (Å²) in [5, 5.41) is 0. The molecule has 0 aromatic carbocycles. The van der Waals surface area contributed by atoms with Gasteiger partial charge in [-0.3, -0.25) is 9.59 Å². The average molecular weight is 266 g/mol. The summed E-state index contributed by atoms with van der Waals surface area (Å²) in [6.45, 7) is 4.43. The lowest BCUT2D eigenvalue weighted by Crippen LogP contribution is -2.41. The van der Waals surface area contributed by atoms with Gasteiger partial charge in [0.1, 0.15) is 6.10 Å². The van der Waals surface area contributed by atoms with Crippen LogP contribution in [0.3, 0.4) is 0 Å². The predicted molar refractivity (Wildman–Crippen MR) is 68.2 cm³/mol. The summed E-state index contributed by atoms with van der Waals surface area (Å²) < 4.78 is 10.9. The number of rotatable bonds is 3. The highest BCUT2D eigenvalue weighted by molar-refractivity contribution is 5.77. The first-order valence-electron chi connectivity index (χ1n) is 7.43. The van der Waals surface area contributed by atoms with Crippen LogP contribution in [0.2, 0.25) is 0 Å². The molecular weight excluding hydrogens is 244 g/mol. The van der Waals surface area contributed by atoms with Gasteiger partial charge in [-0.2, -0.15) is 0 Å². The smallest absolute Gasteiger partial charge is 0.309 e. The van der Waals surface area contributed by atoms with Crippen LogP contribution in [0.15, 0.2) is 0 Å². The van der Waals surface area contributed by atoms with E-state index < -0.39 is 0 Å². The fraction of sp³-hybridized carbons (Fsp3) is 0.867. The number of hydrogen-bond acceptors (Lipinski definition) is 4. The molecule has 4 heteroatoms. The lowest BCUT2D eigenvalue weighted by molar-refractivity contribution is -0.158. The minimum Gasteiger partial charge on any atom is -0.465 e. The standard InChI is InChI=1S/C15H22O4/c1-3-9(2)13(16)19-11-6-10-4-5-15(7-11)8-18-14(17)12(10)15/h9-12H,3-8H2,1-2H3. The summed E-state index contributed by atoms with van der Waals surface area (Å²) in [5.41, 5.74) is -0.0274. The molecule has 2 bridgehead atoms. The third-order valence-electron chi connectivity index (χ3n) is 5.40. The van der Waals surface area contributed by atoms with Crippen LogP contribution in [0.5, 0.6) is 0 Å². The Hall–Kier alpha value is -1.06. The van der Waals surface area contributed by atoms with Gasteiger partial charge in [0, 0.05) is 5.41 Å². The quantitative estimate of drug-likeness (QED) is 0.736. The molecule has 0 amide bonds. The summed E-state index contributed by atoms with van der Waals surface area (Å²) in [7, 11) is 0. The van der Waals surface area contributed by atoms with E-state index in [0.717, 1.165) is 32.1 Å². The summed E-state index contributed by atoms with van der Waals surface area (Å²) >= 11 is 0. The molecule has 0 aromatic heterocycles. The van der Waals surface area contributed by atoms with Crippen LogP contribution in [0.1, 0.15) is 46.0 Å². The van der Waals surface area contributed by atoms with Crippen molar-refractivity contribution in [2.24, 2.45) is 23.2 Å². The highest BCUT2D eigenvalue weighted by Crippen LogP contribution is 2.59. The highest BCUT2D eigenvalue weighted by atomic mass is 16.6. The molecule has 2 aliphatic carbocycles. The number of cyclic esters (lactones) is 1. The van der Waals surface area contributed by atoms with Crippen LogP contribution in [-0.4, -0.2) is 24.6 Å². The molecule has 1 heterocycles. The number of carbonyl (C=O) groups excluding carboxylic acids is 2. The Balaban J connectivity index is 1.69. The Morgan fingerprint density at radius 2 is 2.37 bits per heavy atom. The Bertz CT molecular complexity index is 405. The number of ether oxygens (including phenoxy) is 2. The SMILES string of the molecule is CCC(C)C(=O)OC1CC2CCC3(COC(=O)C23)C1. The first-order chi connectivity index (χ1) is 9.05. The van der Waals surface area contributed by atoms with Gasteiger partial charge in [-0.25, -0.2) is 0 Å². The molecule has 4 nitrogen and oxygen atoms in total. The molecule has 2 saturated carbocycles. The van der Waals surface area contributed by atoms with Crippen molar-refractivity contribution in [2.45, 2.75) is 52.1 Å². The third kappa shape index (κ3) is 1.96. The van der Waals surface area contributed by atoms with E-state index in [0.29, 0.717) is 12.5 Å². The molecule has 1 aliphatic heterocycles. The van der Waals surface area contributed by atoms with Crippen molar-refractivity contribution < 1.29 is 19.1 Å². The lowest BCUT2D eigenvalue weighted by atomic mass is 9.68. The van der Waals surface area contributed by atoms with Crippen molar-refractivity contribution in [1.82, 2.24) is 0 Å². The Kier molecular flexibility index (Phi) is 3.06. The topological polar surface area (TPSA) is 52.6 Å². The molecule has 5 unspecified atom stereocenters. The van der Waals surface area contributed by atoms with E-state index in [9.17, 15) is 9.59 Å². The van der Waals surface area contributed by atoms with Gasteiger partial charge < -0.3 is 9.47 Å². The molecule has 3 aliphatic rings. The van der Waals surface area contributed by atoms with Crippen molar-refractivity contribution in [3.8, 4) is 0 Å². The fourth-order valence-electron chi connectivity index (χ4n) is 4.16. The van der Waals surface area contributed by atoms with Gasteiger partial charge >= 0.3 is 11.9 Å². The van der Waals surface area contributed by atoms with Crippen molar-refractivity contribution in [3.05, 3.63) is 0 Å². The van der Waals surface area contributed by atoms with Gasteiger partial charge in [-0.15, -0.1) is 0 Å². The van der Waals surface area contributed by atoms with E-state index in [4.69, 9.17) is 9.47 Å². The fourth-order valence-corrected chi connectivity index (χ4v) is 4.16. The predicted octanol–water partition coefficient (Wildman–Crippen LogP) is 2.31. The van der Waals surface area contributed by atoms with E-state index >= 15 is 0 Å². The summed E-state index contributed by atoms with van der Waals surface area (Å²) in [5.74, 6) is 0.292. The van der Waals surface area contributed by atoms with Gasteiger partial charge in [0.25, 0.3) is 0 Å². The Morgan fingerprint density at radius 1 is 1.58 bits per heavy atom. The normalized spacial score (nSPS) is 41.6. The molecule has 106 valence electrons. The van der Waals surface area contributed by atoms with Gasteiger partial charge in [0.2, 0.25) is 0 Å². The molecule has 1 saturated heterocycles. The zero-order valence-electron chi connectivity index (χ0n) is 11.7. The van der Waals surface area contributed by atoms with Gasteiger partial charge in [0.15, 0.2) is 0 Å². The molecule has 19 heavy (non-hydrogen) atoms. The molecule has 0 radical (unpaired) electrons. The molecule has 5 atom stereocenters. The minimum atomic E-state index is -0.0907.